The Balaban J connectivity index is 1.98. The van der Waals surface area contributed by atoms with Crippen molar-refractivity contribution in [2.75, 3.05) is 6.54 Å². The van der Waals surface area contributed by atoms with E-state index in [2.05, 4.69) is 36.5 Å². The Bertz CT molecular complexity index is 281. The van der Waals surface area contributed by atoms with Crippen LogP contribution in [0.1, 0.15) is 11.1 Å². The number of hydrogen-bond acceptors (Lipinski definition) is 1. The number of hydrogen-bond donors (Lipinski definition) is 1. The molecule has 0 spiro atoms. The number of halogens is 1. The molecule has 1 N–H and O–H groups in total. The molecule has 70 valence electrons. The summed E-state index contributed by atoms with van der Waals surface area (Å²) >= 11 is 0. The predicted octanol–water partition coefficient (Wildman–Crippen LogP) is 1.85. The van der Waals surface area contributed by atoms with E-state index in [9.17, 15) is 4.39 Å². The highest BCUT2D eigenvalue weighted by Crippen LogP contribution is 2.14. The first-order valence-corrected chi connectivity index (χ1v) is 4.69. The maximum absolute atomic E-state index is 12.9. The van der Waals surface area contributed by atoms with Gasteiger partial charge >= 0.3 is 0 Å². The summed E-state index contributed by atoms with van der Waals surface area (Å²) in [5, 5.41) is 3.08. The molecule has 0 radical (unpaired) electrons. The molecule has 1 fully saturated rings. The summed E-state index contributed by atoms with van der Waals surface area (Å²) in [5.74, 6) is 0. The van der Waals surface area contributed by atoms with Gasteiger partial charge in [-0.25, -0.2) is 4.39 Å². The molecule has 0 aliphatic carbocycles. The molecule has 0 unspecified atom stereocenters. The fraction of sp³-hybridized carbons (Fsp3) is 0.455. The van der Waals surface area contributed by atoms with Gasteiger partial charge in [0.25, 0.3) is 0 Å². The third-order valence-electron chi connectivity index (χ3n) is 2.59. The average molecular weight is 179 g/mol. The first-order valence-electron chi connectivity index (χ1n) is 4.69. The monoisotopic (exact) mass is 179 g/mol. The van der Waals surface area contributed by atoms with Crippen LogP contribution in [0.4, 0.5) is 4.39 Å². The van der Waals surface area contributed by atoms with E-state index in [4.69, 9.17) is 0 Å². The molecule has 0 amide bonds. The zero-order chi connectivity index (χ0) is 9.26. The van der Waals surface area contributed by atoms with Gasteiger partial charge in [0.2, 0.25) is 0 Å². The zero-order valence-electron chi connectivity index (χ0n) is 7.76. The smallest absolute Gasteiger partial charge is 0.128 e. The molecule has 13 heavy (non-hydrogen) atoms. The summed E-state index contributed by atoms with van der Waals surface area (Å²) in [6.45, 7) is 2.58. The highest BCUT2D eigenvalue weighted by molar-refractivity contribution is 5.22. The van der Waals surface area contributed by atoms with Gasteiger partial charge < -0.3 is 5.32 Å². The van der Waals surface area contributed by atoms with E-state index in [1.165, 1.54) is 11.1 Å². The minimum absolute atomic E-state index is 0.0442. The first-order chi connectivity index (χ1) is 6.25. The molecule has 1 saturated heterocycles. The van der Waals surface area contributed by atoms with E-state index in [1.807, 2.05) is 0 Å². The summed E-state index contributed by atoms with van der Waals surface area (Å²) in [5.41, 5.74) is 2.47. The number of rotatable bonds is 2. The van der Waals surface area contributed by atoms with Crippen LogP contribution in [0, 0.1) is 6.92 Å². The second-order valence-corrected chi connectivity index (χ2v) is 3.72. The van der Waals surface area contributed by atoms with Crippen molar-refractivity contribution >= 4 is 0 Å². The van der Waals surface area contributed by atoms with Crippen LogP contribution in [-0.2, 0) is 6.42 Å². The minimum Gasteiger partial charge on any atom is -0.308 e. The van der Waals surface area contributed by atoms with Gasteiger partial charge in [-0.1, -0.05) is 29.8 Å². The van der Waals surface area contributed by atoms with E-state index >= 15 is 0 Å². The van der Waals surface area contributed by atoms with Crippen molar-refractivity contribution < 1.29 is 4.39 Å². The third kappa shape index (κ3) is 1.89. The van der Waals surface area contributed by atoms with Crippen molar-refractivity contribution in [1.82, 2.24) is 5.32 Å². The molecule has 2 rings (SSSR count). The largest absolute Gasteiger partial charge is 0.308 e. The molecule has 2 atom stereocenters. The Morgan fingerprint density at radius 1 is 1.38 bits per heavy atom. The third-order valence-corrected chi connectivity index (χ3v) is 2.59. The molecular weight excluding hydrogens is 165 g/mol. The summed E-state index contributed by atoms with van der Waals surface area (Å²) in [7, 11) is 0. The lowest BCUT2D eigenvalue weighted by molar-refractivity contribution is 0.158. The molecule has 1 aromatic carbocycles. The van der Waals surface area contributed by atoms with Crippen molar-refractivity contribution in [2.45, 2.75) is 25.6 Å². The molecule has 2 heteroatoms. The lowest BCUT2D eigenvalue weighted by atomic mass is 9.96. The quantitative estimate of drug-likeness (QED) is 0.730. The van der Waals surface area contributed by atoms with Crippen molar-refractivity contribution in [1.29, 1.82) is 0 Å². The van der Waals surface area contributed by atoms with Crippen LogP contribution in [-0.4, -0.2) is 18.8 Å². The maximum Gasteiger partial charge on any atom is 0.128 e. The number of benzene rings is 1. The van der Waals surface area contributed by atoms with Crippen LogP contribution < -0.4 is 5.32 Å². The van der Waals surface area contributed by atoms with E-state index < -0.39 is 6.17 Å². The summed E-state index contributed by atoms with van der Waals surface area (Å²) in [4.78, 5) is 0. The van der Waals surface area contributed by atoms with Crippen LogP contribution in [0.5, 0.6) is 0 Å². The molecule has 1 heterocycles. The molecule has 0 bridgehead atoms. The summed E-state index contributed by atoms with van der Waals surface area (Å²) in [6, 6.07) is 8.33. The second-order valence-electron chi connectivity index (χ2n) is 3.72. The van der Waals surface area contributed by atoms with Crippen LogP contribution in [0.2, 0.25) is 0 Å². The highest BCUT2D eigenvalue weighted by Gasteiger charge is 2.29. The fourth-order valence-corrected chi connectivity index (χ4v) is 1.55. The van der Waals surface area contributed by atoms with Crippen molar-refractivity contribution in [2.24, 2.45) is 0 Å². The van der Waals surface area contributed by atoms with Gasteiger partial charge in [0.05, 0.1) is 0 Å². The van der Waals surface area contributed by atoms with Gasteiger partial charge in [-0.3, -0.25) is 0 Å². The summed E-state index contributed by atoms with van der Waals surface area (Å²) < 4.78 is 12.9. The minimum atomic E-state index is -0.652. The Morgan fingerprint density at radius 2 is 2.08 bits per heavy atom. The number of nitrogens with one attached hydrogen (secondary N) is 1. The molecule has 1 aliphatic rings. The van der Waals surface area contributed by atoms with E-state index in [0.717, 1.165) is 6.42 Å². The topological polar surface area (TPSA) is 12.0 Å². The Morgan fingerprint density at radius 3 is 2.54 bits per heavy atom. The van der Waals surface area contributed by atoms with Crippen molar-refractivity contribution in [3.8, 4) is 0 Å². The standard InChI is InChI=1S/C11H14FN/c1-8-2-4-9(5-3-8)6-11-10(12)7-13-11/h2-5,10-11,13H,6-7H2,1H3/t10-,11+/m0/s1. The molecule has 0 aromatic heterocycles. The van der Waals surface area contributed by atoms with Crippen LogP contribution >= 0.6 is 0 Å². The lowest BCUT2D eigenvalue weighted by Gasteiger charge is -2.32. The highest BCUT2D eigenvalue weighted by atomic mass is 19.1. The Hall–Kier alpha value is -0.890. The van der Waals surface area contributed by atoms with Crippen LogP contribution in [0.25, 0.3) is 0 Å². The number of aryl methyl sites for hydroxylation is 1. The normalized spacial score (nSPS) is 26.9. The van der Waals surface area contributed by atoms with Crippen LogP contribution in [0.15, 0.2) is 24.3 Å². The van der Waals surface area contributed by atoms with Gasteiger partial charge in [-0.15, -0.1) is 0 Å². The van der Waals surface area contributed by atoms with E-state index in [-0.39, 0.29) is 6.04 Å². The second kappa shape index (κ2) is 3.46. The Labute approximate surface area is 78.0 Å². The van der Waals surface area contributed by atoms with Gasteiger partial charge in [-0.2, -0.15) is 0 Å². The Kier molecular flexibility index (Phi) is 2.32. The van der Waals surface area contributed by atoms with Crippen molar-refractivity contribution in [3.05, 3.63) is 35.4 Å². The fourth-order valence-electron chi connectivity index (χ4n) is 1.55. The van der Waals surface area contributed by atoms with Gasteiger partial charge in [-0.05, 0) is 18.9 Å². The van der Waals surface area contributed by atoms with E-state index in [1.54, 1.807) is 0 Å². The predicted molar refractivity (Wildman–Crippen MR) is 51.6 cm³/mol. The first kappa shape index (κ1) is 8.70. The molecule has 0 saturated carbocycles. The van der Waals surface area contributed by atoms with Crippen LogP contribution in [0.3, 0.4) is 0 Å². The SMILES string of the molecule is Cc1ccc(C[C@H]2NC[C@@H]2F)cc1. The maximum atomic E-state index is 12.9. The van der Waals surface area contributed by atoms with E-state index in [0.29, 0.717) is 6.54 Å². The van der Waals surface area contributed by atoms with Gasteiger partial charge in [0, 0.05) is 12.6 Å². The lowest BCUT2D eigenvalue weighted by Crippen LogP contribution is -2.55. The molecule has 1 aliphatic heterocycles. The summed E-state index contributed by atoms with van der Waals surface area (Å²) in [6.07, 6.45) is 0.155. The van der Waals surface area contributed by atoms with Gasteiger partial charge in [0.15, 0.2) is 0 Å². The van der Waals surface area contributed by atoms with Gasteiger partial charge in [0.1, 0.15) is 6.17 Å². The molecule has 1 aromatic rings. The zero-order valence-corrected chi connectivity index (χ0v) is 7.76. The van der Waals surface area contributed by atoms with Crippen molar-refractivity contribution in [3.63, 3.8) is 0 Å². The average Bonchev–Trinajstić information content (AvgIpc) is 2.15. The molecular formula is C11H14FN. The molecule has 1 nitrogen and oxygen atoms in total. The number of alkyl halides is 1.